The molecule has 2 heterocycles. The molecule has 100 valence electrons. The number of hydrogen-bond donors (Lipinski definition) is 1. The van der Waals surface area contributed by atoms with Crippen LogP contribution in [0, 0.1) is 0 Å². The molecular weight excluding hydrogens is 244 g/mol. The third-order valence-corrected chi connectivity index (χ3v) is 3.82. The number of imide groups is 1. The number of aliphatic hydroxyl groups is 1. The number of carbonyl (C=O) groups is 2. The van der Waals surface area contributed by atoms with Gasteiger partial charge in [0.1, 0.15) is 6.04 Å². The Labute approximate surface area is 111 Å². The number of urea groups is 1. The molecule has 2 saturated heterocycles. The van der Waals surface area contributed by atoms with Crippen LogP contribution < -0.4 is 0 Å². The van der Waals surface area contributed by atoms with Gasteiger partial charge in [-0.25, -0.2) is 4.79 Å². The number of hydrogen-bond acceptors (Lipinski definition) is 3. The van der Waals surface area contributed by atoms with Gasteiger partial charge >= 0.3 is 6.03 Å². The van der Waals surface area contributed by atoms with Gasteiger partial charge in [0, 0.05) is 6.54 Å². The van der Waals surface area contributed by atoms with Crippen LogP contribution in [0.1, 0.15) is 24.5 Å². The van der Waals surface area contributed by atoms with Gasteiger partial charge in [-0.3, -0.25) is 9.69 Å². The number of carbonyl (C=O) groups excluding carboxylic acids is 2. The van der Waals surface area contributed by atoms with E-state index in [1.165, 1.54) is 4.90 Å². The summed E-state index contributed by atoms with van der Waals surface area (Å²) in [5.74, 6) is -0.169. The van der Waals surface area contributed by atoms with Crippen LogP contribution in [0.4, 0.5) is 4.79 Å². The molecule has 0 aliphatic carbocycles. The van der Waals surface area contributed by atoms with Crippen LogP contribution in [0.15, 0.2) is 30.3 Å². The second kappa shape index (κ2) is 4.66. The number of β-amino-alcohol motifs (C(OH)–C–C–N with tert-alkyl or cyclic N) is 1. The Morgan fingerprint density at radius 1 is 1.26 bits per heavy atom. The third kappa shape index (κ3) is 2.00. The molecule has 5 heteroatoms. The van der Waals surface area contributed by atoms with Crippen molar-refractivity contribution in [2.45, 2.75) is 25.0 Å². The Bertz CT molecular complexity index is 481. The lowest BCUT2D eigenvalue weighted by atomic mass is 10.1. The molecule has 2 fully saturated rings. The van der Waals surface area contributed by atoms with Crippen molar-refractivity contribution in [1.29, 1.82) is 0 Å². The average molecular weight is 260 g/mol. The smallest absolute Gasteiger partial charge is 0.327 e. The number of rotatable bonds is 3. The minimum Gasteiger partial charge on any atom is -0.387 e. The van der Waals surface area contributed by atoms with Crippen molar-refractivity contribution in [2.75, 3.05) is 13.1 Å². The zero-order valence-electron chi connectivity index (χ0n) is 10.5. The summed E-state index contributed by atoms with van der Waals surface area (Å²) >= 11 is 0. The summed E-state index contributed by atoms with van der Waals surface area (Å²) in [5.41, 5.74) is 0.718. The highest BCUT2D eigenvalue weighted by Gasteiger charge is 2.47. The number of aliphatic hydroxyl groups excluding tert-OH is 1. The van der Waals surface area contributed by atoms with Crippen LogP contribution in [-0.2, 0) is 4.79 Å². The maximum atomic E-state index is 12.1. The fourth-order valence-electron chi connectivity index (χ4n) is 2.80. The molecule has 1 aromatic carbocycles. The first kappa shape index (κ1) is 12.2. The standard InChI is InChI=1S/C14H16N2O3/c17-12(10-5-2-1-3-6-10)9-16-13(18)11-7-4-8-15(11)14(16)19/h1-3,5-6,11-12,17H,4,7-9H2. The molecule has 0 saturated carbocycles. The molecule has 2 aliphatic heterocycles. The lowest BCUT2D eigenvalue weighted by Crippen LogP contribution is -2.36. The lowest BCUT2D eigenvalue weighted by Gasteiger charge is -2.19. The third-order valence-electron chi connectivity index (χ3n) is 3.82. The molecule has 1 aromatic rings. The Morgan fingerprint density at radius 3 is 2.68 bits per heavy atom. The van der Waals surface area contributed by atoms with E-state index in [2.05, 4.69) is 0 Å². The summed E-state index contributed by atoms with van der Waals surface area (Å²) in [5, 5.41) is 10.1. The zero-order valence-corrected chi connectivity index (χ0v) is 10.5. The molecule has 2 atom stereocenters. The van der Waals surface area contributed by atoms with Gasteiger partial charge < -0.3 is 10.0 Å². The van der Waals surface area contributed by atoms with Crippen LogP contribution in [0.25, 0.3) is 0 Å². The van der Waals surface area contributed by atoms with Crippen LogP contribution in [0.5, 0.6) is 0 Å². The second-order valence-electron chi connectivity index (χ2n) is 5.01. The van der Waals surface area contributed by atoms with Gasteiger partial charge in [-0.2, -0.15) is 0 Å². The number of fused-ring (bicyclic) bond motifs is 1. The molecular formula is C14H16N2O3. The maximum absolute atomic E-state index is 12.1. The zero-order chi connectivity index (χ0) is 13.4. The number of nitrogens with zero attached hydrogens (tertiary/aromatic N) is 2. The van der Waals surface area contributed by atoms with Crippen LogP contribution >= 0.6 is 0 Å². The monoisotopic (exact) mass is 260 g/mol. The molecule has 3 amide bonds. The van der Waals surface area contributed by atoms with Gasteiger partial charge in [0.25, 0.3) is 5.91 Å². The highest BCUT2D eigenvalue weighted by molar-refractivity contribution is 6.04. The summed E-state index contributed by atoms with van der Waals surface area (Å²) in [4.78, 5) is 27.0. The van der Waals surface area contributed by atoms with Gasteiger partial charge in [0.2, 0.25) is 0 Å². The van der Waals surface area contributed by atoms with Crippen LogP contribution in [-0.4, -0.2) is 46.0 Å². The van der Waals surface area contributed by atoms with E-state index >= 15 is 0 Å². The molecule has 0 aromatic heterocycles. The molecule has 1 N–H and O–H groups in total. The predicted molar refractivity (Wildman–Crippen MR) is 68.2 cm³/mol. The van der Waals surface area contributed by atoms with Crippen molar-refractivity contribution in [3.8, 4) is 0 Å². The molecule has 3 rings (SSSR count). The van der Waals surface area contributed by atoms with Crippen LogP contribution in [0.3, 0.4) is 0 Å². The van der Waals surface area contributed by atoms with Gasteiger partial charge in [-0.1, -0.05) is 30.3 Å². The Kier molecular flexibility index (Phi) is 2.98. The van der Waals surface area contributed by atoms with E-state index in [-0.39, 0.29) is 24.5 Å². The highest BCUT2D eigenvalue weighted by Crippen LogP contribution is 2.28. The fourth-order valence-corrected chi connectivity index (χ4v) is 2.80. The van der Waals surface area contributed by atoms with E-state index in [1.54, 1.807) is 17.0 Å². The van der Waals surface area contributed by atoms with Crippen molar-refractivity contribution in [3.05, 3.63) is 35.9 Å². The van der Waals surface area contributed by atoms with Crippen molar-refractivity contribution in [2.24, 2.45) is 0 Å². The Hall–Kier alpha value is -1.88. The summed E-state index contributed by atoms with van der Waals surface area (Å²) in [7, 11) is 0. The van der Waals surface area contributed by atoms with E-state index < -0.39 is 6.10 Å². The molecule has 2 aliphatic rings. The first-order valence-corrected chi connectivity index (χ1v) is 6.53. The lowest BCUT2D eigenvalue weighted by molar-refractivity contribution is -0.128. The van der Waals surface area contributed by atoms with E-state index in [1.807, 2.05) is 18.2 Å². The molecule has 0 bridgehead atoms. The van der Waals surface area contributed by atoms with Gasteiger partial charge in [-0.05, 0) is 18.4 Å². The van der Waals surface area contributed by atoms with E-state index in [9.17, 15) is 14.7 Å². The minimum absolute atomic E-state index is 0.0364. The predicted octanol–water partition coefficient (Wildman–Crippen LogP) is 1.15. The van der Waals surface area contributed by atoms with E-state index in [4.69, 9.17) is 0 Å². The summed E-state index contributed by atoms with van der Waals surface area (Å²) in [6, 6.07) is 8.53. The van der Waals surface area contributed by atoms with Gasteiger partial charge in [0.05, 0.1) is 12.6 Å². The quantitative estimate of drug-likeness (QED) is 0.829. The fraction of sp³-hybridized carbons (Fsp3) is 0.429. The van der Waals surface area contributed by atoms with Crippen molar-refractivity contribution in [3.63, 3.8) is 0 Å². The minimum atomic E-state index is -0.825. The molecule has 0 spiro atoms. The summed E-state index contributed by atoms with van der Waals surface area (Å²) in [6.45, 7) is 0.682. The SMILES string of the molecule is O=C1C2CCCN2C(=O)N1CC(O)c1ccccc1. The van der Waals surface area contributed by atoms with Gasteiger partial charge in [-0.15, -0.1) is 0 Å². The van der Waals surface area contributed by atoms with Crippen molar-refractivity contribution < 1.29 is 14.7 Å². The van der Waals surface area contributed by atoms with Crippen molar-refractivity contribution in [1.82, 2.24) is 9.80 Å². The largest absolute Gasteiger partial charge is 0.387 e. The van der Waals surface area contributed by atoms with E-state index in [0.29, 0.717) is 6.54 Å². The topological polar surface area (TPSA) is 60.9 Å². The maximum Gasteiger partial charge on any atom is 0.327 e. The molecule has 5 nitrogen and oxygen atoms in total. The molecule has 19 heavy (non-hydrogen) atoms. The first-order chi connectivity index (χ1) is 9.18. The highest BCUT2D eigenvalue weighted by atomic mass is 16.3. The van der Waals surface area contributed by atoms with Crippen molar-refractivity contribution >= 4 is 11.9 Å². The Morgan fingerprint density at radius 2 is 2.00 bits per heavy atom. The second-order valence-corrected chi connectivity index (χ2v) is 5.01. The van der Waals surface area contributed by atoms with Gasteiger partial charge in [0.15, 0.2) is 0 Å². The molecule has 0 radical (unpaired) electrons. The summed E-state index contributed by atoms with van der Waals surface area (Å²) in [6.07, 6.45) is 0.800. The summed E-state index contributed by atoms with van der Waals surface area (Å²) < 4.78 is 0. The normalized spacial score (nSPS) is 23.9. The van der Waals surface area contributed by atoms with E-state index in [0.717, 1.165) is 18.4 Å². The Balaban J connectivity index is 1.74. The number of benzene rings is 1. The average Bonchev–Trinajstić information content (AvgIpc) is 3.00. The first-order valence-electron chi connectivity index (χ1n) is 6.53. The van der Waals surface area contributed by atoms with Crippen LogP contribution in [0.2, 0.25) is 0 Å². The molecule has 2 unspecified atom stereocenters. The number of amides is 3.